The van der Waals surface area contributed by atoms with Crippen molar-refractivity contribution < 1.29 is 4.79 Å². The molecule has 0 aromatic heterocycles. The van der Waals surface area contributed by atoms with Crippen molar-refractivity contribution in [2.45, 2.75) is 45.4 Å². The number of carbonyl (C=O) groups is 1. The Hall–Kier alpha value is -0.180. The van der Waals surface area contributed by atoms with Crippen LogP contribution < -0.4 is 10.6 Å². The fourth-order valence-corrected chi connectivity index (χ4v) is 2.93. The molecule has 7 heteroatoms. The number of amides is 1. The number of hydrogen-bond donors (Lipinski definition) is 2. The number of aliphatic imine (C=N–C) groups is 1. The third-order valence-corrected chi connectivity index (χ3v) is 4.39. The lowest BCUT2D eigenvalue weighted by Gasteiger charge is -2.20. The maximum Gasteiger partial charge on any atom is 0.222 e. The topological polar surface area (TPSA) is 56.7 Å². The Morgan fingerprint density at radius 3 is 2.83 bits per heavy atom. The van der Waals surface area contributed by atoms with E-state index in [-0.39, 0.29) is 24.0 Å². The molecule has 1 aliphatic heterocycles. The number of rotatable bonds is 9. The minimum Gasteiger partial charge on any atom is -0.357 e. The van der Waals surface area contributed by atoms with Gasteiger partial charge in [0.25, 0.3) is 0 Å². The highest BCUT2D eigenvalue weighted by atomic mass is 127. The van der Waals surface area contributed by atoms with Crippen molar-refractivity contribution in [3.05, 3.63) is 0 Å². The molecule has 0 aromatic carbocycles. The number of nitrogens with one attached hydrogen (secondary N) is 2. The maximum absolute atomic E-state index is 11.9. The van der Waals surface area contributed by atoms with E-state index >= 15 is 0 Å². The molecule has 5 nitrogen and oxygen atoms in total. The smallest absolute Gasteiger partial charge is 0.222 e. The van der Waals surface area contributed by atoms with Gasteiger partial charge in [-0.25, -0.2) is 0 Å². The number of thioether (sulfide) groups is 1. The third-order valence-electron chi connectivity index (χ3n) is 3.69. The minimum atomic E-state index is 0. The maximum atomic E-state index is 11.9. The lowest BCUT2D eigenvalue weighted by atomic mass is 10.2. The summed E-state index contributed by atoms with van der Waals surface area (Å²) in [6.45, 7) is 6.44. The molecule has 0 aromatic rings. The van der Waals surface area contributed by atoms with Gasteiger partial charge in [0.05, 0.1) is 0 Å². The SMILES string of the molecule is CCNC(=NCCCN1CCCCCC1=O)NCCCSC.I. The van der Waals surface area contributed by atoms with Crippen LogP contribution in [0.25, 0.3) is 0 Å². The molecule has 1 fully saturated rings. The van der Waals surface area contributed by atoms with Crippen molar-refractivity contribution >= 4 is 47.6 Å². The van der Waals surface area contributed by atoms with Gasteiger partial charge >= 0.3 is 0 Å². The van der Waals surface area contributed by atoms with E-state index in [1.165, 1.54) is 12.2 Å². The highest BCUT2D eigenvalue weighted by molar-refractivity contribution is 14.0. The Morgan fingerprint density at radius 1 is 1.26 bits per heavy atom. The Morgan fingerprint density at radius 2 is 2.09 bits per heavy atom. The number of nitrogens with zero attached hydrogens (tertiary/aromatic N) is 2. The average molecular weight is 456 g/mol. The van der Waals surface area contributed by atoms with E-state index in [9.17, 15) is 4.79 Å². The number of halogens is 1. The summed E-state index contributed by atoms with van der Waals surface area (Å²) in [4.78, 5) is 18.5. The first-order chi connectivity index (χ1) is 10.8. The van der Waals surface area contributed by atoms with Crippen molar-refractivity contribution in [2.24, 2.45) is 4.99 Å². The molecule has 1 rings (SSSR count). The molecule has 0 unspecified atom stereocenters. The van der Waals surface area contributed by atoms with Crippen LogP contribution in [0.3, 0.4) is 0 Å². The van der Waals surface area contributed by atoms with Crippen molar-refractivity contribution in [3.8, 4) is 0 Å². The largest absolute Gasteiger partial charge is 0.357 e. The number of likely N-dealkylation sites (tertiary alicyclic amines) is 1. The minimum absolute atomic E-state index is 0. The van der Waals surface area contributed by atoms with Crippen LogP contribution in [-0.2, 0) is 4.79 Å². The van der Waals surface area contributed by atoms with Gasteiger partial charge in [0.1, 0.15) is 0 Å². The first-order valence-electron chi connectivity index (χ1n) is 8.56. The Bertz CT molecular complexity index is 342. The Kier molecular flexibility index (Phi) is 15.2. The Labute approximate surface area is 162 Å². The van der Waals surface area contributed by atoms with Crippen molar-refractivity contribution in [3.63, 3.8) is 0 Å². The van der Waals surface area contributed by atoms with Gasteiger partial charge in [-0.05, 0) is 44.6 Å². The molecular formula is C16H33IN4OS. The van der Waals surface area contributed by atoms with Crippen molar-refractivity contribution in [1.82, 2.24) is 15.5 Å². The molecule has 0 aliphatic carbocycles. The van der Waals surface area contributed by atoms with E-state index < -0.39 is 0 Å². The zero-order chi connectivity index (χ0) is 16.0. The van der Waals surface area contributed by atoms with Crippen LogP contribution in [0.5, 0.6) is 0 Å². The fourth-order valence-electron chi connectivity index (χ4n) is 2.49. The lowest BCUT2D eigenvalue weighted by Crippen LogP contribution is -2.38. The molecule has 1 aliphatic rings. The van der Waals surface area contributed by atoms with E-state index in [4.69, 9.17) is 0 Å². The van der Waals surface area contributed by atoms with Crippen LogP contribution in [0.15, 0.2) is 4.99 Å². The van der Waals surface area contributed by atoms with Crippen molar-refractivity contribution in [2.75, 3.05) is 44.7 Å². The summed E-state index contributed by atoms with van der Waals surface area (Å²) in [5.74, 6) is 2.39. The highest BCUT2D eigenvalue weighted by Crippen LogP contribution is 2.11. The summed E-state index contributed by atoms with van der Waals surface area (Å²) in [7, 11) is 0. The lowest BCUT2D eigenvalue weighted by molar-refractivity contribution is -0.130. The van der Waals surface area contributed by atoms with Crippen LogP contribution >= 0.6 is 35.7 Å². The second-order valence-corrected chi connectivity index (χ2v) is 6.56. The molecule has 136 valence electrons. The zero-order valence-electron chi connectivity index (χ0n) is 14.6. The second-order valence-electron chi connectivity index (χ2n) is 5.58. The van der Waals surface area contributed by atoms with Crippen LogP contribution in [0.4, 0.5) is 0 Å². The molecular weight excluding hydrogens is 423 g/mol. The van der Waals surface area contributed by atoms with Gasteiger partial charge in [0.15, 0.2) is 5.96 Å². The fraction of sp³-hybridized carbons (Fsp3) is 0.875. The van der Waals surface area contributed by atoms with Crippen LogP contribution in [0, 0.1) is 0 Å². The molecule has 0 spiro atoms. The second kappa shape index (κ2) is 15.4. The van der Waals surface area contributed by atoms with Gasteiger partial charge < -0.3 is 15.5 Å². The molecule has 1 saturated heterocycles. The van der Waals surface area contributed by atoms with Crippen LogP contribution in [-0.4, -0.2) is 61.5 Å². The monoisotopic (exact) mass is 456 g/mol. The third kappa shape index (κ3) is 11.1. The summed E-state index contributed by atoms with van der Waals surface area (Å²) in [6.07, 6.45) is 8.32. The predicted octanol–water partition coefficient (Wildman–Crippen LogP) is 2.71. The van der Waals surface area contributed by atoms with E-state index in [0.717, 1.165) is 70.8 Å². The van der Waals surface area contributed by atoms with Gasteiger partial charge in [-0.15, -0.1) is 24.0 Å². The number of carbonyl (C=O) groups excluding carboxylic acids is 1. The molecule has 23 heavy (non-hydrogen) atoms. The average Bonchev–Trinajstić information content (AvgIpc) is 2.72. The molecule has 0 radical (unpaired) electrons. The molecule has 1 heterocycles. The van der Waals surface area contributed by atoms with Crippen LogP contribution in [0.2, 0.25) is 0 Å². The zero-order valence-corrected chi connectivity index (χ0v) is 17.8. The molecule has 0 atom stereocenters. The van der Waals surface area contributed by atoms with E-state index in [0.29, 0.717) is 5.91 Å². The van der Waals surface area contributed by atoms with Gasteiger partial charge in [-0.1, -0.05) is 6.42 Å². The molecule has 0 saturated carbocycles. The Balaban J connectivity index is 0.00000484. The summed E-state index contributed by atoms with van der Waals surface area (Å²) < 4.78 is 0. The first-order valence-corrected chi connectivity index (χ1v) is 9.96. The highest BCUT2D eigenvalue weighted by Gasteiger charge is 2.15. The van der Waals surface area contributed by atoms with E-state index in [1.807, 2.05) is 16.7 Å². The summed E-state index contributed by atoms with van der Waals surface area (Å²) in [5, 5.41) is 6.63. The summed E-state index contributed by atoms with van der Waals surface area (Å²) in [6, 6.07) is 0. The summed E-state index contributed by atoms with van der Waals surface area (Å²) in [5.41, 5.74) is 0. The summed E-state index contributed by atoms with van der Waals surface area (Å²) >= 11 is 1.87. The normalized spacial score (nSPS) is 15.8. The van der Waals surface area contributed by atoms with Gasteiger partial charge in [0, 0.05) is 39.1 Å². The predicted molar refractivity (Wildman–Crippen MR) is 112 cm³/mol. The first kappa shape index (κ1) is 22.8. The molecule has 1 amide bonds. The number of hydrogen-bond acceptors (Lipinski definition) is 3. The molecule has 2 N–H and O–H groups in total. The van der Waals surface area contributed by atoms with E-state index in [1.54, 1.807) is 0 Å². The van der Waals surface area contributed by atoms with E-state index in [2.05, 4.69) is 28.8 Å². The quantitative estimate of drug-likeness (QED) is 0.243. The van der Waals surface area contributed by atoms with Crippen molar-refractivity contribution in [1.29, 1.82) is 0 Å². The van der Waals surface area contributed by atoms with Crippen LogP contribution in [0.1, 0.15) is 45.4 Å². The van der Waals surface area contributed by atoms with Gasteiger partial charge in [0.2, 0.25) is 5.91 Å². The molecule has 0 bridgehead atoms. The number of guanidine groups is 1. The van der Waals surface area contributed by atoms with Gasteiger partial charge in [-0.3, -0.25) is 9.79 Å². The van der Waals surface area contributed by atoms with Gasteiger partial charge in [-0.2, -0.15) is 11.8 Å². The standard InChI is InChI=1S/C16H32N4OS.HI/c1-3-17-16(19-11-8-14-22-2)18-10-7-13-20-12-6-4-5-9-15(20)21;/h3-14H2,1-2H3,(H2,17,18,19);1H.